The third-order valence-electron chi connectivity index (χ3n) is 2.67. The Balaban J connectivity index is 1.98. The first kappa shape index (κ1) is 14.3. The lowest BCUT2D eigenvalue weighted by Crippen LogP contribution is -2.29. The lowest BCUT2D eigenvalue weighted by Gasteiger charge is -2.10. The number of nitrogens with zero attached hydrogens (tertiary/aromatic N) is 1. The quantitative estimate of drug-likeness (QED) is 0.801. The molecule has 0 atom stereocenters. The summed E-state index contributed by atoms with van der Waals surface area (Å²) in [5, 5.41) is 4.69. The van der Waals surface area contributed by atoms with E-state index in [9.17, 15) is 4.79 Å². The highest BCUT2D eigenvalue weighted by Gasteiger charge is 2.07. The number of hydrogen-bond acceptors (Lipinski definition) is 5. The highest BCUT2D eigenvalue weighted by molar-refractivity contribution is 7.07. The largest absolute Gasteiger partial charge is 0.482 e. The molecule has 1 amide bonds. The molecule has 0 bridgehead atoms. The number of rotatable bonds is 6. The van der Waals surface area contributed by atoms with E-state index in [1.807, 2.05) is 18.4 Å². The molecule has 0 aliphatic heterocycles. The van der Waals surface area contributed by atoms with Crippen molar-refractivity contribution in [3.63, 3.8) is 0 Å². The summed E-state index contributed by atoms with van der Waals surface area (Å²) >= 11 is 1.53. The smallest absolute Gasteiger partial charge is 0.257 e. The topological polar surface area (TPSA) is 77.2 Å². The zero-order chi connectivity index (χ0) is 14.4. The summed E-state index contributed by atoms with van der Waals surface area (Å²) in [7, 11) is 0. The molecule has 0 fully saturated rings. The van der Waals surface area contributed by atoms with Gasteiger partial charge < -0.3 is 15.8 Å². The number of nitrogens with one attached hydrogen (secondary N) is 1. The van der Waals surface area contributed by atoms with Crippen LogP contribution in [0.3, 0.4) is 0 Å². The molecule has 106 valence electrons. The molecule has 0 saturated carbocycles. The maximum atomic E-state index is 11.5. The van der Waals surface area contributed by atoms with Crippen molar-refractivity contribution in [3.05, 3.63) is 29.1 Å². The standard InChI is InChI=1S/C14H17N3O2S/c1-2-5-16-14(18)7-19-13-4-3-10(6-11(13)15)12-8-20-9-17-12/h3-4,6,8-9H,2,5,7,15H2,1H3,(H,16,18). The summed E-state index contributed by atoms with van der Waals surface area (Å²) in [4.78, 5) is 15.7. The van der Waals surface area contributed by atoms with Crippen LogP contribution in [0.2, 0.25) is 0 Å². The first-order valence-electron chi connectivity index (χ1n) is 6.38. The predicted octanol–water partition coefficient (Wildman–Crippen LogP) is 2.30. The van der Waals surface area contributed by atoms with E-state index in [2.05, 4.69) is 10.3 Å². The number of benzene rings is 1. The van der Waals surface area contributed by atoms with Crippen molar-refractivity contribution in [2.75, 3.05) is 18.9 Å². The monoisotopic (exact) mass is 291 g/mol. The molecule has 1 heterocycles. The number of thiazole rings is 1. The van der Waals surface area contributed by atoms with Crippen LogP contribution in [0.15, 0.2) is 29.1 Å². The molecule has 20 heavy (non-hydrogen) atoms. The average molecular weight is 291 g/mol. The van der Waals surface area contributed by atoms with Gasteiger partial charge in [-0.05, 0) is 24.6 Å². The van der Waals surface area contributed by atoms with Gasteiger partial charge in [-0.15, -0.1) is 11.3 Å². The second-order valence-electron chi connectivity index (χ2n) is 4.26. The van der Waals surface area contributed by atoms with Crippen LogP contribution in [0, 0.1) is 0 Å². The zero-order valence-electron chi connectivity index (χ0n) is 11.3. The van der Waals surface area contributed by atoms with Gasteiger partial charge in [0, 0.05) is 17.5 Å². The van der Waals surface area contributed by atoms with Gasteiger partial charge in [-0.2, -0.15) is 0 Å². The minimum atomic E-state index is -0.144. The third kappa shape index (κ3) is 3.71. The summed E-state index contributed by atoms with van der Waals surface area (Å²) in [6.07, 6.45) is 0.899. The van der Waals surface area contributed by atoms with Crippen LogP contribution in [0.4, 0.5) is 5.69 Å². The van der Waals surface area contributed by atoms with Crippen molar-refractivity contribution in [2.24, 2.45) is 0 Å². The van der Waals surface area contributed by atoms with Gasteiger partial charge in [-0.1, -0.05) is 6.92 Å². The lowest BCUT2D eigenvalue weighted by molar-refractivity contribution is -0.123. The van der Waals surface area contributed by atoms with Crippen LogP contribution >= 0.6 is 11.3 Å². The second kappa shape index (κ2) is 6.91. The Kier molecular flexibility index (Phi) is 4.95. The van der Waals surface area contributed by atoms with Crippen LogP contribution in [0.1, 0.15) is 13.3 Å². The molecule has 0 unspecified atom stereocenters. The fourth-order valence-electron chi connectivity index (χ4n) is 1.65. The van der Waals surface area contributed by atoms with Crippen LogP contribution < -0.4 is 15.8 Å². The predicted molar refractivity (Wildman–Crippen MR) is 80.8 cm³/mol. The molecule has 0 spiro atoms. The molecule has 6 heteroatoms. The van der Waals surface area contributed by atoms with Gasteiger partial charge in [0.05, 0.1) is 16.9 Å². The number of amides is 1. The van der Waals surface area contributed by atoms with Crippen molar-refractivity contribution >= 4 is 22.9 Å². The number of carbonyl (C=O) groups excluding carboxylic acids is 1. The number of nitrogens with two attached hydrogens (primary N) is 1. The summed E-state index contributed by atoms with van der Waals surface area (Å²) in [6.45, 7) is 2.62. The van der Waals surface area contributed by atoms with E-state index in [4.69, 9.17) is 10.5 Å². The summed E-state index contributed by atoms with van der Waals surface area (Å²) in [5.41, 5.74) is 10.0. The normalized spacial score (nSPS) is 10.2. The Morgan fingerprint density at radius 1 is 1.50 bits per heavy atom. The molecular formula is C14H17N3O2S. The summed E-state index contributed by atoms with van der Waals surface area (Å²) in [5.74, 6) is 0.366. The van der Waals surface area contributed by atoms with E-state index in [1.54, 1.807) is 17.6 Å². The Morgan fingerprint density at radius 2 is 2.35 bits per heavy atom. The fraction of sp³-hybridized carbons (Fsp3) is 0.286. The molecule has 1 aromatic heterocycles. The van der Waals surface area contributed by atoms with Gasteiger partial charge in [0.25, 0.3) is 5.91 Å². The maximum absolute atomic E-state index is 11.5. The molecule has 0 aliphatic rings. The van der Waals surface area contributed by atoms with Crippen molar-refractivity contribution in [1.29, 1.82) is 0 Å². The van der Waals surface area contributed by atoms with Crippen LogP contribution in [0.5, 0.6) is 5.75 Å². The van der Waals surface area contributed by atoms with Crippen LogP contribution in [-0.4, -0.2) is 24.0 Å². The number of ether oxygens (including phenoxy) is 1. The Morgan fingerprint density at radius 3 is 3.00 bits per heavy atom. The van der Waals surface area contributed by atoms with Gasteiger partial charge in [-0.3, -0.25) is 4.79 Å². The molecule has 2 aromatic rings. The molecule has 0 saturated heterocycles. The minimum Gasteiger partial charge on any atom is -0.482 e. The third-order valence-corrected chi connectivity index (χ3v) is 3.26. The van der Waals surface area contributed by atoms with E-state index in [-0.39, 0.29) is 12.5 Å². The Labute approximate surface area is 121 Å². The van der Waals surface area contributed by atoms with Crippen LogP contribution in [-0.2, 0) is 4.79 Å². The SMILES string of the molecule is CCCNC(=O)COc1ccc(-c2cscn2)cc1N. The highest BCUT2D eigenvalue weighted by atomic mass is 32.1. The second-order valence-corrected chi connectivity index (χ2v) is 4.98. The van der Waals surface area contributed by atoms with Gasteiger partial charge >= 0.3 is 0 Å². The minimum absolute atomic E-state index is 0.0275. The van der Waals surface area contributed by atoms with Crippen LogP contribution in [0.25, 0.3) is 11.3 Å². The van der Waals surface area contributed by atoms with Gasteiger partial charge in [0.1, 0.15) is 5.75 Å². The summed E-state index contributed by atoms with van der Waals surface area (Å²) in [6, 6.07) is 5.44. The van der Waals surface area contributed by atoms with Gasteiger partial charge in [0.2, 0.25) is 0 Å². The fourth-order valence-corrected chi connectivity index (χ4v) is 2.21. The molecule has 1 aromatic carbocycles. The summed E-state index contributed by atoms with van der Waals surface area (Å²) < 4.78 is 5.41. The first-order valence-corrected chi connectivity index (χ1v) is 7.32. The Bertz CT molecular complexity index is 570. The van der Waals surface area contributed by atoms with Gasteiger partial charge in [-0.25, -0.2) is 4.98 Å². The first-order chi connectivity index (χ1) is 9.70. The van der Waals surface area contributed by atoms with Crippen molar-refractivity contribution in [1.82, 2.24) is 10.3 Å². The number of nitrogen functional groups attached to an aromatic ring is 1. The zero-order valence-corrected chi connectivity index (χ0v) is 12.1. The van der Waals surface area contributed by atoms with E-state index in [1.165, 1.54) is 11.3 Å². The maximum Gasteiger partial charge on any atom is 0.257 e. The number of hydrogen-bond donors (Lipinski definition) is 2. The van der Waals surface area contributed by atoms with Crippen molar-refractivity contribution < 1.29 is 9.53 Å². The highest BCUT2D eigenvalue weighted by Crippen LogP contribution is 2.28. The average Bonchev–Trinajstić information content (AvgIpc) is 2.97. The van der Waals surface area contributed by atoms with E-state index in [0.717, 1.165) is 17.7 Å². The van der Waals surface area contributed by atoms with Gasteiger partial charge in [0.15, 0.2) is 6.61 Å². The molecule has 5 nitrogen and oxygen atoms in total. The molecular weight excluding hydrogens is 274 g/mol. The lowest BCUT2D eigenvalue weighted by atomic mass is 10.1. The Hall–Kier alpha value is -2.08. The van der Waals surface area contributed by atoms with E-state index in [0.29, 0.717) is 18.0 Å². The number of carbonyl (C=O) groups is 1. The molecule has 3 N–H and O–H groups in total. The molecule has 0 radical (unpaired) electrons. The van der Waals surface area contributed by atoms with E-state index >= 15 is 0 Å². The number of aromatic nitrogens is 1. The van der Waals surface area contributed by atoms with Crippen molar-refractivity contribution in [3.8, 4) is 17.0 Å². The molecule has 0 aliphatic carbocycles. The number of anilines is 1. The van der Waals surface area contributed by atoms with E-state index < -0.39 is 0 Å². The molecule has 2 rings (SSSR count). The van der Waals surface area contributed by atoms with Crippen molar-refractivity contribution in [2.45, 2.75) is 13.3 Å².